The van der Waals surface area contributed by atoms with E-state index in [9.17, 15) is 14.4 Å². The summed E-state index contributed by atoms with van der Waals surface area (Å²) in [6.07, 6.45) is 2.22. The minimum absolute atomic E-state index is 0.0855. The van der Waals surface area contributed by atoms with Crippen molar-refractivity contribution in [3.63, 3.8) is 0 Å². The first-order valence-corrected chi connectivity index (χ1v) is 9.17. The molecule has 0 aromatic heterocycles. The van der Waals surface area contributed by atoms with Gasteiger partial charge in [0.2, 0.25) is 5.78 Å². The molecule has 1 amide bonds. The van der Waals surface area contributed by atoms with Crippen LogP contribution in [0.25, 0.3) is 0 Å². The molecule has 1 aliphatic carbocycles. The molecule has 6 nitrogen and oxygen atoms in total. The van der Waals surface area contributed by atoms with Gasteiger partial charge in [-0.2, -0.15) is 0 Å². The number of carbonyl (C=O) groups is 3. The quantitative estimate of drug-likeness (QED) is 0.667. The van der Waals surface area contributed by atoms with E-state index >= 15 is 0 Å². The van der Waals surface area contributed by atoms with E-state index in [2.05, 4.69) is 21.2 Å². The summed E-state index contributed by atoms with van der Waals surface area (Å²) < 4.78 is 11.2. The summed E-state index contributed by atoms with van der Waals surface area (Å²) in [7, 11) is 0. The number of benzene rings is 2. The molecule has 0 spiro atoms. The largest absolute Gasteiger partial charge is 0.489 e. The number of rotatable bonds is 7. The molecule has 0 fully saturated rings. The van der Waals surface area contributed by atoms with Crippen molar-refractivity contribution < 1.29 is 23.9 Å². The van der Waals surface area contributed by atoms with Gasteiger partial charge in [-0.05, 0) is 45.8 Å². The van der Waals surface area contributed by atoms with Crippen molar-refractivity contribution in [2.24, 2.45) is 0 Å². The molecule has 28 heavy (non-hydrogen) atoms. The van der Waals surface area contributed by atoms with Crippen molar-refractivity contribution in [2.75, 3.05) is 6.61 Å². The van der Waals surface area contributed by atoms with Crippen molar-refractivity contribution >= 4 is 33.4 Å². The SMILES string of the molecule is O=C1C=C(Br)C(=O)C(NC(=O)COc2ccc(OCc3ccccc3)cc2)=C1. The second kappa shape index (κ2) is 9.14. The van der Waals surface area contributed by atoms with E-state index in [1.54, 1.807) is 24.3 Å². The molecule has 2 aromatic carbocycles. The first-order chi connectivity index (χ1) is 13.5. The lowest BCUT2D eigenvalue weighted by atomic mass is 10.1. The third-order valence-corrected chi connectivity index (χ3v) is 4.32. The van der Waals surface area contributed by atoms with E-state index in [1.807, 2.05) is 30.3 Å². The number of nitrogens with one attached hydrogen (secondary N) is 1. The average Bonchev–Trinajstić information content (AvgIpc) is 2.70. The molecule has 0 radical (unpaired) electrons. The first kappa shape index (κ1) is 19.6. The molecule has 0 atom stereocenters. The van der Waals surface area contributed by atoms with Crippen LogP contribution in [0.3, 0.4) is 0 Å². The number of amides is 1. The number of ether oxygens (including phenoxy) is 2. The molecule has 142 valence electrons. The van der Waals surface area contributed by atoms with Crippen LogP contribution in [0.1, 0.15) is 5.56 Å². The van der Waals surface area contributed by atoms with Gasteiger partial charge in [0.15, 0.2) is 12.4 Å². The van der Waals surface area contributed by atoms with E-state index in [0.717, 1.165) is 17.7 Å². The van der Waals surface area contributed by atoms with Gasteiger partial charge in [0, 0.05) is 12.2 Å². The predicted molar refractivity (Wildman–Crippen MR) is 106 cm³/mol. The first-order valence-electron chi connectivity index (χ1n) is 8.38. The minimum Gasteiger partial charge on any atom is -0.489 e. The van der Waals surface area contributed by atoms with Gasteiger partial charge >= 0.3 is 0 Å². The second-order valence-corrected chi connectivity index (χ2v) is 6.72. The number of halogens is 1. The highest BCUT2D eigenvalue weighted by Gasteiger charge is 2.21. The minimum atomic E-state index is -0.543. The molecule has 0 unspecified atom stereocenters. The zero-order valence-corrected chi connectivity index (χ0v) is 16.3. The number of hydrogen-bond acceptors (Lipinski definition) is 5. The van der Waals surface area contributed by atoms with Crippen LogP contribution in [0, 0.1) is 0 Å². The van der Waals surface area contributed by atoms with Crippen LogP contribution in [-0.4, -0.2) is 24.1 Å². The molecule has 0 aliphatic heterocycles. The Kier molecular flexibility index (Phi) is 6.39. The van der Waals surface area contributed by atoms with Gasteiger partial charge in [0.05, 0.1) is 10.2 Å². The highest BCUT2D eigenvalue weighted by Crippen LogP contribution is 2.19. The van der Waals surface area contributed by atoms with Crippen LogP contribution in [0.5, 0.6) is 11.5 Å². The molecule has 0 saturated heterocycles. The Bertz CT molecular complexity index is 949. The normalized spacial score (nSPS) is 13.5. The molecule has 0 heterocycles. The van der Waals surface area contributed by atoms with Crippen molar-refractivity contribution in [3.05, 3.63) is 82.5 Å². The van der Waals surface area contributed by atoms with Gasteiger partial charge in [-0.15, -0.1) is 0 Å². The lowest BCUT2D eigenvalue weighted by molar-refractivity contribution is -0.124. The molecule has 0 saturated carbocycles. The summed E-state index contributed by atoms with van der Waals surface area (Å²) in [5.41, 5.74) is 0.976. The van der Waals surface area contributed by atoms with Crippen LogP contribution < -0.4 is 14.8 Å². The van der Waals surface area contributed by atoms with Crippen LogP contribution in [-0.2, 0) is 21.0 Å². The van der Waals surface area contributed by atoms with Crippen molar-refractivity contribution in [3.8, 4) is 11.5 Å². The molecule has 2 aromatic rings. The van der Waals surface area contributed by atoms with E-state index in [0.29, 0.717) is 18.1 Å². The third-order valence-electron chi connectivity index (χ3n) is 3.73. The van der Waals surface area contributed by atoms with E-state index in [4.69, 9.17) is 9.47 Å². The van der Waals surface area contributed by atoms with Crippen LogP contribution >= 0.6 is 15.9 Å². The molecule has 7 heteroatoms. The Morgan fingerprint density at radius 1 is 0.893 bits per heavy atom. The molecular weight excluding hydrogens is 426 g/mol. The predicted octanol–water partition coefficient (Wildman–Crippen LogP) is 3.08. The smallest absolute Gasteiger partial charge is 0.262 e. The highest BCUT2D eigenvalue weighted by molar-refractivity contribution is 9.12. The Hall–Kier alpha value is -3.19. The Labute approximate surface area is 170 Å². The zero-order chi connectivity index (χ0) is 19.9. The van der Waals surface area contributed by atoms with Gasteiger partial charge in [-0.25, -0.2) is 0 Å². The van der Waals surface area contributed by atoms with Crippen LogP contribution in [0.4, 0.5) is 0 Å². The maximum absolute atomic E-state index is 12.0. The Balaban J connectivity index is 1.47. The van der Waals surface area contributed by atoms with Gasteiger partial charge < -0.3 is 14.8 Å². The average molecular weight is 442 g/mol. The van der Waals surface area contributed by atoms with Crippen molar-refractivity contribution in [1.29, 1.82) is 0 Å². The summed E-state index contributed by atoms with van der Waals surface area (Å²) in [5.74, 6) is -0.238. The van der Waals surface area contributed by atoms with Gasteiger partial charge in [0.1, 0.15) is 18.1 Å². The summed E-state index contributed by atoms with van der Waals surface area (Å²) >= 11 is 2.99. The fraction of sp³-hybridized carbons (Fsp3) is 0.0952. The maximum atomic E-state index is 12.0. The maximum Gasteiger partial charge on any atom is 0.262 e. The summed E-state index contributed by atoms with van der Waals surface area (Å²) in [4.78, 5) is 35.3. The van der Waals surface area contributed by atoms with Gasteiger partial charge in [-0.1, -0.05) is 30.3 Å². The van der Waals surface area contributed by atoms with E-state index in [-0.39, 0.29) is 22.6 Å². The molecule has 3 rings (SSSR count). The third kappa shape index (κ3) is 5.40. The summed E-state index contributed by atoms with van der Waals surface area (Å²) in [5, 5.41) is 2.38. The number of carbonyl (C=O) groups excluding carboxylic acids is 3. The van der Waals surface area contributed by atoms with E-state index < -0.39 is 11.7 Å². The van der Waals surface area contributed by atoms with Crippen LogP contribution in [0.2, 0.25) is 0 Å². The monoisotopic (exact) mass is 441 g/mol. The number of ketones is 2. The Morgan fingerprint density at radius 2 is 1.54 bits per heavy atom. The molecule has 1 N–H and O–H groups in total. The highest BCUT2D eigenvalue weighted by atomic mass is 79.9. The molecule has 1 aliphatic rings. The lowest BCUT2D eigenvalue weighted by Crippen LogP contribution is -2.33. The fourth-order valence-electron chi connectivity index (χ4n) is 2.37. The lowest BCUT2D eigenvalue weighted by Gasteiger charge is -2.12. The zero-order valence-electron chi connectivity index (χ0n) is 14.7. The molecule has 0 bridgehead atoms. The topological polar surface area (TPSA) is 81.7 Å². The summed E-state index contributed by atoms with van der Waals surface area (Å²) in [6.45, 7) is 0.152. The summed E-state index contributed by atoms with van der Waals surface area (Å²) in [6, 6.07) is 16.6. The second-order valence-electron chi connectivity index (χ2n) is 5.86. The Morgan fingerprint density at radius 3 is 2.21 bits per heavy atom. The number of Topliss-reactive ketones (excluding diaryl/α,β-unsaturated/α-hetero) is 1. The van der Waals surface area contributed by atoms with Crippen molar-refractivity contribution in [1.82, 2.24) is 5.32 Å². The molecular formula is C21H16BrNO5. The standard InChI is InChI=1S/C21H16BrNO5/c22-18-10-15(24)11-19(21(18)26)23-20(25)13-28-17-8-6-16(7-9-17)27-12-14-4-2-1-3-5-14/h1-11H,12-13H2,(H,23,25). The van der Waals surface area contributed by atoms with Crippen LogP contribution in [0.15, 0.2) is 76.9 Å². The number of allylic oxidation sites excluding steroid dienone is 3. The number of hydrogen-bond donors (Lipinski definition) is 1. The van der Waals surface area contributed by atoms with E-state index in [1.165, 1.54) is 0 Å². The van der Waals surface area contributed by atoms with Gasteiger partial charge in [0.25, 0.3) is 5.91 Å². The fourth-order valence-corrected chi connectivity index (χ4v) is 2.81. The van der Waals surface area contributed by atoms with Gasteiger partial charge in [-0.3, -0.25) is 14.4 Å². The van der Waals surface area contributed by atoms with Crippen molar-refractivity contribution in [2.45, 2.75) is 6.61 Å².